The van der Waals surface area contributed by atoms with Gasteiger partial charge in [0, 0.05) is 53.1 Å². The van der Waals surface area contributed by atoms with E-state index in [-0.39, 0.29) is 24.0 Å². The van der Waals surface area contributed by atoms with E-state index in [0.717, 1.165) is 51.7 Å². The van der Waals surface area contributed by atoms with Crippen LogP contribution in [0.25, 0.3) is 0 Å². The smallest absolute Gasteiger partial charge is 0.191 e. The van der Waals surface area contributed by atoms with Crippen molar-refractivity contribution in [1.29, 1.82) is 0 Å². The molecule has 1 rings (SSSR count). The maximum atomic E-state index is 5.06. The van der Waals surface area contributed by atoms with Crippen molar-refractivity contribution in [3.63, 3.8) is 0 Å². The first-order valence-corrected chi connectivity index (χ1v) is 7.76. The van der Waals surface area contributed by atoms with Crippen molar-refractivity contribution < 1.29 is 4.74 Å². The summed E-state index contributed by atoms with van der Waals surface area (Å²) < 4.78 is 6.99. The molecule has 8 heteroatoms. The fraction of sp³-hybridized carbons (Fsp3) is 0.733. The molecule has 0 bridgehead atoms. The van der Waals surface area contributed by atoms with E-state index in [1.807, 2.05) is 24.0 Å². The molecule has 134 valence electrons. The van der Waals surface area contributed by atoms with Crippen LogP contribution in [0.5, 0.6) is 0 Å². The van der Waals surface area contributed by atoms with Crippen molar-refractivity contribution in [3.05, 3.63) is 18.0 Å². The number of ether oxygens (including phenoxy) is 1. The minimum absolute atomic E-state index is 0. The van der Waals surface area contributed by atoms with Crippen LogP contribution in [-0.4, -0.2) is 74.6 Å². The third-order valence-electron chi connectivity index (χ3n) is 3.29. The predicted octanol–water partition coefficient (Wildman–Crippen LogP) is 0.943. The van der Waals surface area contributed by atoms with Gasteiger partial charge in [0.25, 0.3) is 0 Å². The molecule has 0 aliphatic carbocycles. The Morgan fingerprint density at radius 1 is 1.35 bits per heavy atom. The molecule has 2 N–H and O–H groups in total. The number of hydrogen-bond donors (Lipinski definition) is 2. The average Bonchev–Trinajstić information content (AvgIpc) is 2.91. The second-order valence-corrected chi connectivity index (χ2v) is 5.36. The third-order valence-corrected chi connectivity index (χ3v) is 3.29. The summed E-state index contributed by atoms with van der Waals surface area (Å²) in [5, 5.41) is 10.9. The summed E-state index contributed by atoms with van der Waals surface area (Å²) in [7, 11) is 5.64. The van der Waals surface area contributed by atoms with Crippen LogP contribution < -0.4 is 10.6 Å². The maximum Gasteiger partial charge on any atom is 0.191 e. The van der Waals surface area contributed by atoms with Crippen molar-refractivity contribution in [3.8, 4) is 0 Å². The van der Waals surface area contributed by atoms with E-state index >= 15 is 0 Å². The van der Waals surface area contributed by atoms with Gasteiger partial charge in [-0.05, 0) is 26.0 Å². The number of methoxy groups -OCH3 is 1. The van der Waals surface area contributed by atoms with Gasteiger partial charge in [-0.1, -0.05) is 0 Å². The Kier molecular flexibility index (Phi) is 13.0. The number of aromatic nitrogens is 2. The van der Waals surface area contributed by atoms with Crippen molar-refractivity contribution >= 4 is 29.9 Å². The van der Waals surface area contributed by atoms with Gasteiger partial charge in [-0.15, -0.1) is 24.0 Å². The molecule has 0 saturated heterocycles. The number of aryl methyl sites for hydroxylation is 1. The van der Waals surface area contributed by atoms with Crippen molar-refractivity contribution in [1.82, 2.24) is 25.3 Å². The molecule has 0 fully saturated rings. The lowest BCUT2D eigenvalue weighted by Gasteiger charge is -2.18. The van der Waals surface area contributed by atoms with Crippen LogP contribution in [0.15, 0.2) is 17.4 Å². The van der Waals surface area contributed by atoms with E-state index < -0.39 is 0 Å². The quantitative estimate of drug-likeness (QED) is 0.247. The van der Waals surface area contributed by atoms with E-state index in [2.05, 4.69) is 32.7 Å². The zero-order chi connectivity index (χ0) is 16.2. The zero-order valence-corrected chi connectivity index (χ0v) is 17.0. The number of guanidine groups is 1. The van der Waals surface area contributed by atoms with Gasteiger partial charge in [-0.2, -0.15) is 5.10 Å². The SMILES string of the molecule is CN=C(NCCN(C)CCCOC)NCCn1cc(C)cn1.I. The first kappa shape index (κ1) is 22.1. The van der Waals surface area contributed by atoms with Gasteiger partial charge in [0.05, 0.1) is 12.7 Å². The monoisotopic (exact) mass is 438 g/mol. The lowest BCUT2D eigenvalue weighted by Crippen LogP contribution is -2.42. The summed E-state index contributed by atoms with van der Waals surface area (Å²) in [5.74, 6) is 0.828. The number of nitrogens with zero attached hydrogens (tertiary/aromatic N) is 4. The van der Waals surface area contributed by atoms with E-state index in [9.17, 15) is 0 Å². The first-order valence-electron chi connectivity index (χ1n) is 7.76. The molecule has 0 radical (unpaired) electrons. The molecule has 0 spiro atoms. The molecule has 1 heterocycles. The van der Waals surface area contributed by atoms with Gasteiger partial charge in [0.1, 0.15) is 0 Å². The summed E-state index contributed by atoms with van der Waals surface area (Å²) in [6.45, 7) is 7.36. The number of aliphatic imine (C=N–C) groups is 1. The van der Waals surface area contributed by atoms with Gasteiger partial charge < -0.3 is 20.3 Å². The van der Waals surface area contributed by atoms with Gasteiger partial charge in [-0.25, -0.2) is 0 Å². The van der Waals surface area contributed by atoms with Gasteiger partial charge in [-0.3, -0.25) is 9.67 Å². The summed E-state index contributed by atoms with van der Waals surface area (Å²) in [5.41, 5.74) is 1.18. The maximum absolute atomic E-state index is 5.06. The second-order valence-electron chi connectivity index (χ2n) is 5.36. The van der Waals surface area contributed by atoms with E-state index in [1.54, 1.807) is 14.2 Å². The van der Waals surface area contributed by atoms with E-state index in [1.165, 1.54) is 5.56 Å². The Balaban J connectivity index is 0.00000484. The lowest BCUT2D eigenvalue weighted by atomic mass is 10.4. The summed E-state index contributed by atoms with van der Waals surface area (Å²) in [6, 6.07) is 0. The summed E-state index contributed by atoms with van der Waals surface area (Å²) in [4.78, 5) is 6.51. The highest BCUT2D eigenvalue weighted by Crippen LogP contribution is 1.92. The molecule has 7 nitrogen and oxygen atoms in total. The molecule has 0 unspecified atom stereocenters. The molecule has 0 saturated carbocycles. The lowest BCUT2D eigenvalue weighted by molar-refractivity contribution is 0.180. The molecule has 0 amide bonds. The van der Waals surface area contributed by atoms with Gasteiger partial charge >= 0.3 is 0 Å². The molecule has 1 aromatic rings. The average molecular weight is 438 g/mol. The number of halogens is 1. The number of nitrogens with one attached hydrogen (secondary N) is 2. The van der Waals surface area contributed by atoms with Gasteiger partial charge in [0.2, 0.25) is 0 Å². The Bertz CT molecular complexity index is 437. The van der Waals surface area contributed by atoms with Crippen LogP contribution >= 0.6 is 24.0 Å². The molecule has 0 aliphatic rings. The third kappa shape index (κ3) is 10.5. The van der Waals surface area contributed by atoms with Crippen molar-refractivity contribution in [2.75, 3.05) is 54.0 Å². The van der Waals surface area contributed by atoms with Crippen LogP contribution in [0.3, 0.4) is 0 Å². The van der Waals surface area contributed by atoms with E-state index in [4.69, 9.17) is 4.74 Å². The Morgan fingerprint density at radius 3 is 2.70 bits per heavy atom. The fourth-order valence-corrected chi connectivity index (χ4v) is 2.05. The molecule has 0 aromatic carbocycles. The predicted molar refractivity (Wildman–Crippen MR) is 106 cm³/mol. The van der Waals surface area contributed by atoms with Crippen LogP contribution in [0.2, 0.25) is 0 Å². The minimum Gasteiger partial charge on any atom is -0.385 e. The summed E-state index contributed by atoms with van der Waals surface area (Å²) >= 11 is 0. The van der Waals surface area contributed by atoms with Crippen LogP contribution in [0.1, 0.15) is 12.0 Å². The zero-order valence-electron chi connectivity index (χ0n) is 14.7. The summed E-state index contributed by atoms with van der Waals surface area (Å²) in [6.07, 6.45) is 4.96. The highest BCUT2D eigenvalue weighted by molar-refractivity contribution is 14.0. The number of likely N-dealkylation sites (N-methyl/N-ethyl adjacent to an activating group) is 1. The molecular weight excluding hydrogens is 407 g/mol. The number of rotatable bonds is 10. The molecule has 0 atom stereocenters. The van der Waals surface area contributed by atoms with E-state index in [0.29, 0.717) is 0 Å². The largest absolute Gasteiger partial charge is 0.385 e. The number of hydrogen-bond acceptors (Lipinski definition) is 4. The van der Waals surface area contributed by atoms with Crippen molar-refractivity contribution in [2.45, 2.75) is 19.9 Å². The molecule has 1 aromatic heterocycles. The van der Waals surface area contributed by atoms with Crippen LogP contribution in [0.4, 0.5) is 0 Å². The second kappa shape index (κ2) is 13.6. The molecular formula is C15H31IN6O. The minimum atomic E-state index is 0. The van der Waals surface area contributed by atoms with Crippen LogP contribution in [-0.2, 0) is 11.3 Å². The standard InChI is InChI=1S/C15H30N6O.HI/c1-14-12-19-21(13-14)10-7-18-15(16-2)17-6-9-20(3)8-5-11-22-4;/h12-13H,5-11H2,1-4H3,(H2,16,17,18);1H. The van der Waals surface area contributed by atoms with Gasteiger partial charge in [0.15, 0.2) is 5.96 Å². The normalized spacial score (nSPS) is 11.4. The highest BCUT2D eigenvalue weighted by atomic mass is 127. The van der Waals surface area contributed by atoms with Crippen molar-refractivity contribution in [2.24, 2.45) is 4.99 Å². The molecule has 0 aliphatic heterocycles. The highest BCUT2D eigenvalue weighted by Gasteiger charge is 2.01. The fourth-order valence-electron chi connectivity index (χ4n) is 2.05. The Hall–Kier alpha value is -0.870. The Labute approximate surface area is 156 Å². The first-order chi connectivity index (χ1) is 10.7. The Morgan fingerprint density at radius 2 is 2.09 bits per heavy atom. The van der Waals surface area contributed by atoms with Crippen LogP contribution in [0, 0.1) is 6.92 Å². The molecule has 23 heavy (non-hydrogen) atoms. The topological polar surface area (TPSA) is 66.7 Å².